The maximum absolute atomic E-state index is 4.62. The van der Waals surface area contributed by atoms with Crippen LogP contribution in [0.4, 0.5) is 0 Å². The Kier molecular flexibility index (Phi) is 5.52. The molecule has 0 amide bonds. The molecule has 0 bridgehead atoms. The smallest absolute Gasteiger partial charge is 0.0959 e. The first-order valence-corrected chi connectivity index (χ1v) is 9.22. The van der Waals surface area contributed by atoms with E-state index in [1.807, 2.05) is 11.8 Å². The monoisotopic (exact) mass is 312 g/mol. The van der Waals surface area contributed by atoms with Crippen LogP contribution >= 0.6 is 11.8 Å². The van der Waals surface area contributed by atoms with E-state index in [1.165, 1.54) is 36.9 Å². The molecule has 0 radical (unpaired) electrons. The molecule has 2 aromatic rings. The summed E-state index contributed by atoms with van der Waals surface area (Å²) in [6.07, 6.45) is 5.96. The predicted octanol–water partition coefficient (Wildman–Crippen LogP) is 4.92. The van der Waals surface area contributed by atoms with Gasteiger partial charge in [-0.2, -0.15) is 0 Å². The number of thioether (sulfide) groups is 1. The highest BCUT2D eigenvalue weighted by atomic mass is 32.2. The summed E-state index contributed by atoms with van der Waals surface area (Å²) in [5, 5.41) is 1.14. The van der Waals surface area contributed by atoms with E-state index in [2.05, 4.69) is 65.5 Å². The molecule has 116 valence electrons. The lowest BCUT2D eigenvalue weighted by atomic mass is 9.96. The third-order valence-electron chi connectivity index (χ3n) is 4.28. The molecule has 0 spiro atoms. The van der Waals surface area contributed by atoms with Crippen LogP contribution in [0.25, 0.3) is 0 Å². The minimum atomic E-state index is 0.516. The number of rotatable bonds is 5. The second kappa shape index (κ2) is 7.80. The summed E-state index contributed by atoms with van der Waals surface area (Å²) in [6.45, 7) is 4.39. The molecule has 2 nitrogen and oxygen atoms in total. The quantitative estimate of drug-likeness (QED) is 0.729. The molecule has 1 aromatic carbocycles. The Morgan fingerprint density at radius 2 is 2.00 bits per heavy atom. The van der Waals surface area contributed by atoms with Crippen LogP contribution < -0.4 is 0 Å². The average Bonchev–Trinajstić information content (AvgIpc) is 2.58. The van der Waals surface area contributed by atoms with Crippen LogP contribution in [0.5, 0.6) is 0 Å². The molecule has 1 saturated heterocycles. The predicted molar refractivity (Wildman–Crippen MR) is 94.1 cm³/mol. The minimum Gasteiger partial charge on any atom is -0.292 e. The van der Waals surface area contributed by atoms with Crippen LogP contribution in [-0.4, -0.2) is 22.2 Å². The van der Waals surface area contributed by atoms with Gasteiger partial charge in [0.15, 0.2) is 0 Å². The topological polar surface area (TPSA) is 16.1 Å². The van der Waals surface area contributed by atoms with Crippen molar-refractivity contribution in [3.8, 4) is 0 Å². The highest BCUT2D eigenvalue weighted by Gasteiger charge is 2.24. The van der Waals surface area contributed by atoms with Crippen molar-refractivity contribution in [1.29, 1.82) is 0 Å². The number of hydrogen-bond acceptors (Lipinski definition) is 3. The van der Waals surface area contributed by atoms with Gasteiger partial charge in [0.25, 0.3) is 0 Å². The summed E-state index contributed by atoms with van der Waals surface area (Å²) in [5.74, 6) is 1.08. The number of pyridine rings is 1. The van der Waals surface area contributed by atoms with Gasteiger partial charge in [0.05, 0.1) is 5.03 Å². The molecule has 3 heteroatoms. The zero-order valence-electron chi connectivity index (χ0n) is 13.2. The maximum atomic E-state index is 4.62. The first-order chi connectivity index (χ1) is 10.9. The second-order valence-corrected chi connectivity index (χ2v) is 7.11. The van der Waals surface area contributed by atoms with Gasteiger partial charge in [-0.15, -0.1) is 11.8 Å². The highest BCUT2D eigenvalue weighted by molar-refractivity contribution is 7.99. The van der Waals surface area contributed by atoms with Gasteiger partial charge in [0.1, 0.15) is 0 Å². The van der Waals surface area contributed by atoms with Gasteiger partial charge in [-0.1, -0.05) is 49.7 Å². The molecule has 1 aliphatic heterocycles. The Morgan fingerprint density at radius 3 is 2.73 bits per heavy atom. The number of aromatic nitrogens is 1. The van der Waals surface area contributed by atoms with Crippen molar-refractivity contribution in [2.24, 2.45) is 0 Å². The van der Waals surface area contributed by atoms with E-state index in [1.54, 1.807) is 0 Å². The van der Waals surface area contributed by atoms with Crippen molar-refractivity contribution in [2.45, 2.75) is 43.8 Å². The summed E-state index contributed by atoms with van der Waals surface area (Å²) in [5.41, 5.74) is 2.77. The SMILES string of the molecule is CCSc1ccc([C@H]2CCCCN2Cc2ccccc2)cn1. The van der Waals surface area contributed by atoms with E-state index in [9.17, 15) is 0 Å². The molecule has 1 aliphatic rings. The van der Waals surface area contributed by atoms with Gasteiger partial charge >= 0.3 is 0 Å². The summed E-state index contributed by atoms with van der Waals surface area (Å²) in [4.78, 5) is 7.23. The minimum absolute atomic E-state index is 0.516. The normalized spacial score (nSPS) is 19.2. The van der Waals surface area contributed by atoms with Crippen molar-refractivity contribution in [1.82, 2.24) is 9.88 Å². The van der Waals surface area contributed by atoms with Crippen molar-refractivity contribution in [3.05, 3.63) is 59.8 Å². The summed E-state index contributed by atoms with van der Waals surface area (Å²) >= 11 is 1.81. The van der Waals surface area contributed by atoms with Gasteiger partial charge in [-0.3, -0.25) is 4.90 Å². The molecule has 0 N–H and O–H groups in total. The van der Waals surface area contributed by atoms with Gasteiger partial charge in [0.2, 0.25) is 0 Å². The molecule has 22 heavy (non-hydrogen) atoms. The van der Waals surface area contributed by atoms with E-state index < -0.39 is 0 Å². The molecule has 1 aromatic heterocycles. The lowest BCUT2D eigenvalue weighted by molar-refractivity contribution is 0.140. The van der Waals surface area contributed by atoms with Crippen LogP contribution in [0.3, 0.4) is 0 Å². The van der Waals surface area contributed by atoms with E-state index in [0.29, 0.717) is 6.04 Å². The molecule has 1 atom stereocenters. The summed E-state index contributed by atoms with van der Waals surface area (Å²) < 4.78 is 0. The van der Waals surface area contributed by atoms with Gasteiger partial charge < -0.3 is 0 Å². The van der Waals surface area contributed by atoms with E-state index >= 15 is 0 Å². The largest absolute Gasteiger partial charge is 0.292 e. The standard InChI is InChI=1S/C19H24N2S/c1-2-22-19-12-11-17(14-20-19)18-10-6-7-13-21(18)15-16-8-4-3-5-9-16/h3-5,8-9,11-12,14,18H,2,6-7,10,13,15H2,1H3/t18-/m1/s1. The number of nitrogens with zero attached hydrogens (tertiary/aromatic N) is 2. The Balaban J connectivity index is 1.74. The highest BCUT2D eigenvalue weighted by Crippen LogP contribution is 2.32. The Morgan fingerprint density at radius 1 is 1.14 bits per heavy atom. The third kappa shape index (κ3) is 3.90. The second-order valence-electron chi connectivity index (χ2n) is 5.83. The summed E-state index contributed by atoms with van der Waals surface area (Å²) in [6, 6.07) is 15.8. The van der Waals surface area contributed by atoms with Crippen molar-refractivity contribution >= 4 is 11.8 Å². The molecule has 0 aliphatic carbocycles. The van der Waals surface area contributed by atoms with Crippen molar-refractivity contribution < 1.29 is 0 Å². The lowest BCUT2D eigenvalue weighted by Crippen LogP contribution is -2.33. The van der Waals surface area contributed by atoms with E-state index in [4.69, 9.17) is 0 Å². The fourth-order valence-electron chi connectivity index (χ4n) is 3.20. The molecular formula is C19H24N2S. The van der Waals surface area contributed by atoms with Gasteiger partial charge in [0, 0.05) is 18.8 Å². The molecule has 2 heterocycles. The molecule has 0 unspecified atom stereocenters. The van der Waals surface area contributed by atoms with E-state index in [0.717, 1.165) is 17.3 Å². The molecular weight excluding hydrogens is 288 g/mol. The number of hydrogen-bond donors (Lipinski definition) is 0. The van der Waals surface area contributed by atoms with E-state index in [-0.39, 0.29) is 0 Å². The van der Waals surface area contributed by atoms with Gasteiger partial charge in [-0.25, -0.2) is 4.98 Å². The van der Waals surface area contributed by atoms with Crippen LogP contribution in [0.15, 0.2) is 53.7 Å². The van der Waals surface area contributed by atoms with Crippen LogP contribution in [0.1, 0.15) is 43.4 Å². The fraction of sp³-hybridized carbons (Fsp3) is 0.421. The maximum Gasteiger partial charge on any atom is 0.0959 e. The number of likely N-dealkylation sites (tertiary alicyclic amines) is 1. The van der Waals surface area contributed by atoms with Crippen LogP contribution in [-0.2, 0) is 6.54 Å². The molecule has 3 rings (SSSR count). The average molecular weight is 312 g/mol. The lowest BCUT2D eigenvalue weighted by Gasteiger charge is -2.36. The molecule has 0 saturated carbocycles. The Labute approximate surface area is 138 Å². The molecule has 1 fully saturated rings. The zero-order chi connectivity index (χ0) is 15.2. The van der Waals surface area contributed by atoms with Gasteiger partial charge in [-0.05, 0) is 42.3 Å². The van der Waals surface area contributed by atoms with Crippen LogP contribution in [0, 0.1) is 0 Å². The third-order valence-corrected chi connectivity index (χ3v) is 5.10. The van der Waals surface area contributed by atoms with Crippen LogP contribution in [0.2, 0.25) is 0 Å². The first kappa shape index (κ1) is 15.6. The Hall–Kier alpha value is -1.32. The summed E-state index contributed by atoms with van der Waals surface area (Å²) in [7, 11) is 0. The first-order valence-electron chi connectivity index (χ1n) is 8.23. The fourth-order valence-corrected chi connectivity index (χ4v) is 3.79. The Bertz CT molecular complexity index is 568. The van der Waals surface area contributed by atoms with Crippen molar-refractivity contribution in [3.63, 3.8) is 0 Å². The van der Waals surface area contributed by atoms with Crippen molar-refractivity contribution in [2.75, 3.05) is 12.3 Å². The number of piperidine rings is 1. The number of benzene rings is 1. The zero-order valence-corrected chi connectivity index (χ0v) is 14.1.